The predicted octanol–water partition coefficient (Wildman–Crippen LogP) is 2.01. The first-order valence-corrected chi connectivity index (χ1v) is 5.02. The minimum atomic E-state index is -0.323. The maximum Gasteiger partial charge on any atom is 0.276 e. The number of nitrogens with one attached hydrogen (secondary N) is 2. The molecule has 78 valence electrons. The van der Waals surface area contributed by atoms with Crippen LogP contribution in [0.3, 0.4) is 0 Å². The minimum Gasteiger partial charge on any atom is -0.343 e. The molecule has 0 saturated heterocycles. The van der Waals surface area contributed by atoms with Crippen molar-refractivity contribution in [1.29, 1.82) is 0 Å². The third-order valence-corrected chi connectivity index (χ3v) is 2.27. The Morgan fingerprint density at radius 1 is 1.60 bits per heavy atom. The van der Waals surface area contributed by atoms with Crippen LogP contribution in [0.2, 0.25) is 0 Å². The van der Waals surface area contributed by atoms with E-state index in [-0.39, 0.29) is 5.24 Å². The second-order valence-electron chi connectivity index (χ2n) is 3.33. The third kappa shape index (κ3) is 2.30. The molecule has 1 heterocycles. The van der Waals surface area contributed by atoms with Crippen LogP contribution in [0, 0.1) is 6.92 Å². The molecule has 2 aromatic rings. The molecule has 0 fully saturated rings. The van der Waals surface area contributed by atoms with Gasteiger partial charge in [-0.2, -0.15) is 0 Å². The van der Waals surface area contributed by atoms with Gasteiger partial charge in [0.05, 0.1) is 11.0 Å². The highest BCUT2D eigenvalue weighted by molar-refractivity contribution is 7.96. The molecule has 0 aliphatic rings. The normalized spacial score (nSPS) is 10.5. The second-order valence-corrected chi connectivity index (χ2v) is 3.74. The first kappa shape index (κ1) is 10.0. The Bertz CT molecular complexity index is 506. The number of rotatable bonds is 2. The minimum absolute atomic E-state index is 0.323. The van der Waals surface area contributed by atoms with Gasteiger partial charge >= 0.3 is 0 Å². The van der Waals surface area contributed by atoms with Crippen LogP contribution in [0.15, 0.2) is 18.2 Å². The SMILES string of the molecule is Cc1nc2ccc(CNC(=O)S)cc2[nH]1. The monoisotopic (exact) mass is 221 g/mol. The Balaban J connectivity index is 2.26. The number of aromatic nitrogens is 2. The summed E-state index contributed by atoms with van der Waals surface area (Å²) >= 11 is 3.64. The lowest BCUT2D eigenvalue weighted by Crippen LogP contribution is -2.15. The summed E-state index contributed by atoms with van der Waals surface area (Å²) in [5.41, 5.74) is 2.94. The lowest BCUT2D eigenvalue weighted by atomic mass is 10.2. The van der Waals surface area contributed by atoms with Gasteiger partial charge in [0.25, 0.3) is 5.24 Å². The van der Waals surface area contributed by atoms with E-state index in [9.17, 15) is 4.79 Å². The van der Waals surface area contributed by atoms with Crippen molar-refractivity contribution >= 4 is 28.9 Å². The summed E-state index contributed by atoms with van der Waals surface area (Å²) in [6, 6.07) is 5.84. The van der Waals surface area contributed by atoms with Crippen molar-refractivity contribution < 1.29 is 4.79 Å². The lowest BCUT2D eigenvalue weighted by Gasteiger charge is -2.01. The van der Waals surface area contributed by atoms with Gasteiger partial charge in [0.2, 0.25) is 0 Å². The number of hydrogen-bond donors (Lipinski definition) is 3. The second kappa shape index (κ2) is 3.94. The average molecular weight is 221 g/mol. The number of benzene rings is 1. The van der Waals surface area contributed by atoms with E-state index in [1.165, 1.54) is 0 Å². The molecule has 2 rings (SSSR count). The van der Waals surface area contributed by atoms with Gasteiger partial charge in [-0.15, -0.1) is 0 Å². The molecule has 1 aromatic carbocycles. The molecule has 0 spiro atoms. The van der Waals surface area contributed by atoms with Gasteiger partial charge in [0, 0.05) is 6.54 Å². The van der Waals surface area contributed by atoms with Gasteiger partial charge in [-0.3, -0.25) is 4.79 Å². The van der Waals surface area contributed by atoms with E-state index in [2.05, 4.69) is 27.9 Å². The molecular formula is C10H11N3OS. The van der Waals surface area contributed by atoms with Gasteiger partial charge in [0.1, 0.15) is 5.82 Å². The van der Waals surface area contributed by atoms with Gasteiger partial charge in [-0.05, 0) is 24.6 Å². The van der Waals surface area contributed by atoms with E-state index in [0.29, 0.717) is 6.54 Å². The molecule has 4 nitrogen and oxygen atoms in total. The maximum atomic E-state index is 10.6. The molecule has 2 N–H and O–H groups in total. The zero-order valence-electron chi connectivity index (χ0n) is 8.24. The van der Waals surface area contributed by atoms with E-state index < -0.39 is 0 Å². The molecule has 0 aliphatic heterocycles. The number of aromatic amines is 1. The van der Waals surface area contributed by atoms with Crippen molar-refractivity contribution in [2.24, 2.45) is 0 Å². The van der Waals surface area contributed by atoms with E-state index in [1.54, 1.807) is 0 Å². The van der Waals surface area contributed by atoms with E-state index >= 15 is 0 Å². The Morgan fingerprint density at radius 2 is 2.40 bits per heavy atom. The fraction of sp³-hybridized carbons (Fsp3) is 0.200. The summed E-state index contributed by atoms with van der Waals surface area (Å²) in [6.45, 7) is 2.39. The van der Waals surface area contributed by atoms with E-state index in [1.807, 2.05) is 25.1 Å². The van der Waals surface area contributed by atoms with Gasteiger partial charge in [-0.1, -0.05) is 18.7 Å². The van der Waals surface area contributed by atoms with Crippen molar-refractivity contribution in [2.45, 2.75) is 13.5 Å². The number of imidazole rings is 1. The molecule has 1 aromatic heterocycles. The van der Waals surface area contributed by atoms with Crippen LogP contribution in [-0.2, 0) is 6.54 Å². The van der Waals surface area contributed by atoms with Crippen LogP contribution in [0.4, 0.5) is 4.79 Å². The molecule has 5 heteroatoms. The molecule has 1 amide bonds. The summed E-state index contributed by atoms with van der Waals surface area (Å²) < 4.78 is 0. The molecule has 0 atom stereocenters. The van der Waals surface area contributed by atoms with E-state index in [0.717, 1.165) is 22.4 Å². The number of amides is 1. The smallest absolute Gasteiger partial charge is 0.276 e. The van der Waals surface area contributed by atoms with Crippen LogP contribution in [0.25, 0.3) is 11.0 Å². The first-order valence-electron chi connectivity index (χ1n) is 4.57. The highest BCUT2D eigenvalue weighted by atomic mass is 32.1. The maximum absolute atomic E-state index is 10.6. The number of thiol groups is 1. The molecule has 0 unspecified atom stereocenters. The Labute approximate surface area is 92.5 Å². The average Bonchev–Trinajstić information content (AvgIpc) is 2.53. The lowest BCUT2D eigenvalue weighted by molar-refractivity contribution is 0.260. The molecule has 0 radical (unpaired) electrons. The summed E-state index contributed by atoms with van der Waals surface area (Å²) in [7, 11) is 0. The van der Waals surface area contributed by atoms with Crippen molar-refractivity contribution in [1.82, 2.24) is 15.3 Å². The van der Waals surface area contributed by atoms with Crippen molar-refractivity contribution in [3.63, 3.8) is 0 Å². The van der Waals surface area contributed by atoms with Crippen LogP contribution >= 0.6 is 12.6 Å². The van der Waals surface area contributed by atoms with Gasteiger partial charge in [0.15, 0.2) is 0 Å². The standard InChI is InChI=1S/C10H11N3OS/c1-6-12-8-3-2-7(4-9(8)13-6)5-11-10(14)15/h2-4H,5H2,1H3,(H,12,13)(H2,11,14,15). The number of aryl methyl sites for hydroxylation is 1. The zero-order valence-corrected chi connectivity index (χ0v) is 9.14. The van der Waals surface area contributed by atoms with Crippen molar-refractivity contribution in [2.75, 3.05) is 0 Å². The Kier molecular flexibility index (Phi) is 2.64. The summed E-state index contributed by atoms with van der Waals surface area (Å²) in [5.74, 6) is 0.889. The van der Waals surface area contributed by atoms with Crippen LogP contribution in [0.1, 0.15) is 11.4 Å². The van der Waals surface area contributed by atoms with Crippen molar-refractivity contribution in [3.05, 3.63) is 29.6 Å². The molecular weight excluding hydrogens is 210 g/mol. The number of carbonyl (C=O) groups excluding carboxylic acids is 1. The van der Waals surface area contributed by atoms with Crippen molar-refractivity contribution in [3.8, 4) is 0 Å². The molecule has 0 bridgehead atoms. The fourth-order valence-corrected chi connectivity index (χ4v) is 1.55. The fourth-order valence-electron chi connectivity index (χ4n) is 1.47. The third-order valence-electron chi connectivity index (χ3n) is 2.11. The number of H-pyrrole nitrogens is 1. The largest absolute Gasteiger partial charge is 0.343 e. The number of hydrogen-bond acceptors (Lipinski definition) is 2. The number of nitrogens with zero attached hydrogens (tertiary/aromatic N) is 1. The van der Waals surface area contributed by atoms with Crippen LogP contribution < -0.4 is 5.32 Å². The zero-order chi connectivity index (χ0) is 10.8. The number of carbonyl (C=O) groups is 1. The van der Waals surface area contributed by atoms with Gasteiger partial charge in [-0.25, -0.2) is 4.98 Å². The summed E-state index contributed by atoms with van der Waals surface area (Å²) in [5, 5.41) is 2.30. The topological polar surface area (TPSA) is 57.8 Å². The molecule has 0 saturated carbocycles. The quantitative estimate of drug-likeness (QED) is 0.679. The Morgan fingerprint density at radius 3 is 3.13 bits per heavy atom. The predicted molar refractivity (Wildman–Crippen MR) is 62.1 cm³/mol. The van der Waals surface area contributed by atoms with Gasteiger partial charge < -0.3 is 10.3 Å². The Hall–Kier alpha value is -1.49. The molecule has 0 aliphatic carbocycles. The van der Waals surface area contributed by atoms with Crippen LogP contribution in [-0.4, -0.2) is 15.2 Å². The highest BCUT2D eigenvalue weighted by Crippen LogP contribution is 2.13. The first-order chi connectivity index (χ1) is 7.15. The summed E-state index contributed by atoms with van der Waals surface area (Å²) in [4.78, 5) is 18.1. The molecule has 15 heavy (non-hydrogen) atoms. The van der Waals surface area contributed by atoms with Crippen LogP contribution in [0.5, 0.6) is 0 Å². The van der Waals surface area contributed by atoms with E-state index in [4.69, 9.17) is 0 Å². The highest BCUT2D eigenvalue weighted by Gasteiger charge is 2.01. The number of fused-ring (bicyclic) bond motifs is 1. The summed E-state index contributed by atoms with van der Waals surface area (Å²) in [6.07, 6.45) is 0.